The van der Waals surface area contributed by atoms with Crippen molar-refractivity contribution >= 4 is 46.3 Å². The van der Waals surface area contributed by atoms with Crippen molar-refractivity contribution in [3.8, 4) is 0 Å². The molecule has 176 valence electrons. The highest BCUT2D eigenvalue weighted by Crippen LogP contribution is 2.31. The molecule has 0 spiro atoms. The van der Waals surface area contributed by atoms with Crippen LogP contribution in [0, 0.1) is 12.7 Å². The van der Waals surface area contributed by atoms with Crippen molar-refractivity contribution in [3.63, 3.8) is 0 Å². The smallest absolute Gasteiger partial charge is 0.323 e. The topological polar surface area (TPSA) is 82.7 Å². The van der Waals surface area contributed by atoms with Gasteiger partial charge in [0.05, 0.1) is 29.6 Å². The van der Waals surface area contributed by atoms with E-state index in [9.17, 15) is 14.0 Å². The van der Waals surface area contributed by atoms with Crippen molar-refractivity contribution in [2.24, 2.45) is 0 Å². The highest BCUT2D eigenvalue weighted by molar-refractivity contribution is 6.31. The third-order valence-corrected chi connectivity index (χ3v) is 5.60. The van der Waals surface area contributed by atoms with Crippen LogP contribution in [0.25, 0.3) is 0 Å². The van der Waals surface area contributed by atoms with E-state index in [1.807, 2.05) is 25.1 Å². The summed E-state index contributed by atoms with van der Waals surface area (Å²) in [6, 6.07) is 16.0. The Kier molecular flexibility index (Phi) is 7.30. The van der Waals surface area contributed by atoms with Crippen LogP contribution in [0.4, 0.5) is 31.9 Å². The zero-order valence-electron chi connectivity index (χ0n) is 18.5. The zero-order valence-corrected chi connectivity index (χ0v) is 19.3. The highest BCUT2D eigenvalue weighted by atomic mass is 35.5. The van der Waals surface area contributed by atoms with E-state index in [-0.39, 0.29) is 10.9 Å². The van der Waals surface area contributed by atoms with E-state index in [1.54, 1.807) is 24.3 Å². The molecule has 1 saturated heterocycles. The largest absolute Gasteiger partial charge is 0.378 e. The van der Waals surface area contributed by atoms with Crippen molar-refractivity contribution < 1.29 is 18.7 Å². The molecule has 0 saturated carbocycles. The van der Waals surface area contributed by atoms with Gasteiger partial charge in [-0.25, -0.2) is 9.18 Å². The normalized spacial score (nSPS) is 13.3. The quantitative estimate of drug-likeness (QED) is 0.447. The lowest BCUT2D eigenvalue weighted by atomic mass is 10.1. The lowest BCUT2D eigenvalue weighted by Crippen LogP contribution is -2.37. The van der Waals surface area contributed by atoms with Crippen LogP contribution in [0.15, 0.2) is 60.7 Å². The minimum atomic E-state index is -0.570. The summed E-state index contributed by atoms with van der Waals surface area (Å²) in [7, 11) is 0. The number of halogens is 2. The number of aryl methyl sites for hydroxylation is 1. The fourth-order valence-electron chi connectivity index (χ4n) is 3.64. The Morgan fingerprint density at radius 1 is 0.941 bits per heavy atom. The van der Waals surface area contributed by atoms with Crippen LogP contribution in [0.5, 0.6) is 0 Å². The predicted octanol–water partition coefficient (Wildman–Crippen LogP) is 5.52. The molecule has 4 rings (SSSR count). The number of anilines is 4. The SMILES string of the molecule is Cc1cccc(C(=O)Nc2ccc(N3CCOCC3)c(NC(=O)Nc3ccc(F)c(Cl)c3)c2)c1. The number of amides is 3. The maximum atomic E-state index is 13.4. The Balaban J connectivity index is 1.56. The molecule has 1 fully saturated rings. The summed E-state index contributed by atoms with van der Waals surface area (Å²) < 4.78 is 18.9. The van der Waals surface area contributed by atoms with E-state index in [2.05, 4.69) is 20.9 Å². The van der Waals surface area contributed by atoms with E-state index in [0.717, 1.165) is 11.3 Å². The van der Waals surface area contributed by atoms with Gasteiger partial charge >= 0.3 is 6.03 Å². The molecule has 1 aliphatic rings. The van der Waals surface area contributed by atoms with E-state index in [1.165, 1.54) is 18.2 Å². The average molecular weight is 483 g/mol. The van der Waals surface area contributed by atoms with Gasteiger partial charge in [-0.15, -0.1) is 0 Å². The van der Waals surface area contributed by atoms with Gasteiger partial charge in [0.1, 0.15) is 5.82 Å². The van der Waals surface area contributed by atoms with E-state index in [0.29, 0.717) is 48.9 Å². The van der Waals surface area contributed by atoms with Crippen LogP contribution in [0.3, 0.4) is 0 Å². The summed E-state index contributed by atoms with van der Waals surface area (Å²) in [6.07, 6.45) is 0. The van der Waals surface area contributed by atoms with Crippen molar-refractivity contribution in [2.45, 2.75) is 6.92 Å². The number of rotatable bonds is 5. The molecule has 1 aliphatic heterocycles. The summed E-state index contributed by atoms with van der Waals surface area (Å²) in [6.45, 7) is 4.40. The van der Waals surface area contributed by atoms with Crippen LogP contribution in [-0.2, 0) is 4.74 Å². The molecule has 3 N–H and O–H groups in total. The first kappa shape index (κ1) is 23.5. The summed E-state index contributed by atoms with van der Waals surface area (Å²) in [4.78, 5) is 27.5. The maximum Gasteiger partial charge on any atom is 0.323 e. The summed E-state index contributed by atoms with van der Waals surface area (Å²) in [5, 5.41) is 8.27. The first-order chi connectivity index (χ1) is 16.4. The van der Waals surface area contributed by atoms with Gasteiger partial charge in [-0.3, -0.25) is 4.79 Å². The number of nitrogens with zero attached hydrogens (tertiary/aromatic N) is 1. The number of morpholine rings is 1. The first-order valence-corrected chi connectivity index (χ1v) is 11.1. The first-order valence-electron chi connectivity index (χ1n) is 10.8. The molecule has 0 atom stereocenters. The van der Waals surface area contributed by atoms with Crippen LogP contribution in [0.1, 0.15) is 15.9 Å². The predicted molar refractivity (Wildman–Crippen MR) is 133 cm³/mol. The number of urea groups is 1. The summed E-state index contributed by atoms with van der Waals surface area (Å²) in [5.41, 5.74) is 3.70. The minimum Gasteiger partial charge on any atom is -0.378 e. The molecule has 34 heavy (non-hydrogen) atoms. The third-order valence-electron chi connectivity index (χ3n) is 5.31. The molecule has 0 radical (unpaired) electrons. The van der Waals surface area contributed by atoms with Gasteiger partial charge in [-0.1, -0.05) is 29.3 Å². The van der Waals surface area contributed by atoms with Crippen molar-refractivity contribution in [2.75, 3.05) is 47.2 Å². The standard InChI is InChI=1S/C25H24ClFN4O3/c1-16-3-2-4-17(13-16)24(32)28-19-6-8-23(31-9-11-34-12-10-31)22(15-19)30-25(33)29-18-5-7-21(27)20(26)14-18/h2-8,13-15H,9-12H2,1H3,(H,28,32)(H2,29,30,33). The van der Waals surface area contributed by atoms with Gasteiger partial charge < -0.3 is 25.6 Å². The van der Waals surface area contributed by atoms with Crippen molar-refractivity contribution in [1.82, 2.24) is 0 Å². The number of nitrogens with one attached hydrogen (secondary N) is 3. The average Bonchev–Trinajstić information content (AvgIpc) is 2.82. The number of hydrogen-bond acceptors (Lipinski definition) is 4. The Morgan fingerprint density at radius 2 is 1.68 bits per heavy atom. The van der Waals surface area contributed by atoms with Crippen molar-refractivity contribution in [3.05, 3.63) is 82.6 Å². The van der Waals surface area contributed by atoms with Gasteiger partial charge in [0.25, 0.3) is 5.91 Å². The lowest BCUT2D eigenvalue weighted by Gasteiger charge is -2.30. The molecule has 0 unspecified atom stereocenters. The van der Waals surface area contributed by atoms with Crippen LogP contribution in [0.2, 0.25) is 5.02 Å². The Morgan fingerprint density at radius 3 is 2.41 bits per heavy atom. The lowest BCUT2D eigenvalue weighted by molar-refractivity contribution is 0.102. The molecule has 0 bridgehead atoms. The van der Waals surface area contributed by atoms with Gasteiger partial charge in [-0.05, 0) is 55.5 Å². The molecule has 3 aromatic rings. The monoisotopic (exact) mass is 482 g/mol. The summed E-state index contributed by atoms with van der Waals surface area (Å²) >= 11 is 5.81. The number of ether oxygens (including phenoxy) is 1. The van der Waals surface area contributed by atoms with Gasteiger partial charge in [-0.2, -0.15) is 0 Å². The van der Waals surface area contributed by atoms with Crippen LogP contribution < -0.4 is 20.9 Å². The van der Waals surface area contributed by atoms with E-state index >= 15 is 0 Å². The van der Waals surface area contributed by atoms with Crippen molar-refractivity contribution in [1.29, 1.82) is 0 Å². The number of benzene rings is 3. The Labute approximate surface area is 201 Å². The van der Waals surface area contributed by atoms with E-state index < -0.39 is 11.8 Å². The molecule has 0 aliphatic carbocycles. The van der Waals surface area contributed by atoms with Gasteiger partial charge in [0, 0.05) is 30.0 Å². The second-order valence-electron chi connectivity index (χ2n) is 7.86. The molecule has 7 nitrogen and oxygen atoms in total. The molecular weight excluding hydrogens is 459 g/mol. The number of carbonyl (C=O) groups is 2. The molecule has 9 heteroatoms. The van der Waals surface area contributed by atoms with Gasteiger partial charge in [0.15, 0.2) is 0 Å². The number of carbonyl (C=O) groups excluding carboxylic acids is 2. The molecular formula is C25H24ClFN4O3. The number of hydrogen-bond donors (Lipinski definition) is 3. The zero-order chi connectivity index (χ0) is 24.1. The minimum absolute atomic E-state index is 0.0901. The maximum absolute atomic E-state index is 13.4. The van der Waals surface area contributed by atoms with Crippen LogP contribution >= 0.6 is 11.6 Å². The van der Waals surface area contributed by atoms with Crippen LogP contribution in [-0.4, -0.2) is 38.2 Å². The van der Waals surface area contributed by atoms with E-state index in [4.69, 9.17) is 16.3 Å². The molecule has 1 heterocycles. The molecule has 3 amide bonds. The second-order valence-corrected chi connectivity index (χ2v) is 8.27. The summed E-state index contributed by atoms with van der Waals surface area (Å²) in [5.74, 6) is -0.821. The molecule has 3 aromatic carbocycles. The Bertz CT molecular complexity index is 1210. The van der Waals surface area contributed by atoms with Gasteiger partial charge in [0.2, 0.25) is 0 Å². The highest BCUT2D eigenvalue weighted by Gasteiger charge is 2.18. The fraction of sp³-hybridized carbons (Fsp3) is 0.200. The molecule has 0 aromatic heterocycles. The second kappa shape index (κ2) is 10.5. The fourth-order valence-corrected chi connectivity index (χ4v) is 3.82. The third kappa shape index (κ3) is 5.84. The Hall–Kier alpha value is -3.62.